The van der Waals surface area contributed by atoms with Gasteiger partial charge < -0.3 is 14.3 Å². The molecule has 0 radical (unpaired) electrons. The van der Waals surface area contributed by atoms with E-state index in [1.165, 1.54) is 32.1 Å². The van der Waals surface area contributed by atoms with Crippen LogP contribution in [0.1, 0.15) is 70.4 Å². The zero-order valence-corrected chi connectivity index (χ0v) is 15.9. The standard InChI is InChI=1S/C20H32N2O4/c1-14(2)10-17(12-23)21-18(20(24)25)11-19-22-16(13-26-19)9-8-15-6-4-3-5-7-15/h12-15,17-18,21H,3-11H2,1-2H3,(H,24,25)/t17-,18-/m0/s1. The Morgan fingerprint density at radius 3 is 2.73 bits per heavy atom. The number of carboxylic acids is 1. The molecule has 0 unspecified atom stereocenters. The number of aldehydes is 1. The summed E-state index contributed by atoms with van der Waals surface area (Å²) in [4.78, 5) is 27.2. The van der Waals surface area contributed by atoms with Crippen molar-refractivity contribution >= 4 is 12.3 Å². The lowest BCUT2D eigenvalue weighted by Gasteiger charge is -2.20. The van der Waals surface area contributed by atoms with Crippen molar-refractivity contribution in [2.45, 2.75) is 83.7 Å². The molecule has 1 aliphatic rings. The molecule has 0 saturated heterocycles. The van der Waals surface area contributed by atoms with Crippen molar-refractivity contribution in [2.24, 2.45) is 11.8 Å². The molecule has 1 aliphatic carbocycles. The normalized spacial score (nSPS) is 18.0. The molecule has 1 aromatic heterocycles. The van der Waals surface area contributed by atoms with E-state index in [2.05, 4.69) is 10.3 Å². The molecule has 2 rings (SSSR count). The number of hydrogen-bond donors (Lipinski definition) is 2. The van der Waals surface area contributed by atoms with Crippen molar-refractivity contribution < 1.29 is 19.1 Å². The quantitative estimate of drug-likeness (QED) is 0.585. The van der Waals surface area contributed by atoms with Gasteiger partial charge in [0, 0.05) is 0 Å². The van der Waals surface area contributed by atoms with E-state index in [0.29, 0.717) is 18.2 Å². The highest BCUT2D eigenvalue weighted by atomic mass is 16.4. The van der Waals surface area contributed by atoms with Crippen LogP contribution in [0.4, 0.5) is 0 Å². The topological polar surface area (TPSA) is 92.4 Å². The second kappa shape index (κ2) is 10.5. The van der Waals surface area contributed by atoms with E-state index < -0.39 is 18.1 Å². The molecule has 6 nitrogen and oxygen atoms in total. The summed E-state index contributed by atoms with van der Waals surface area (Å²) in [5.74, 6) is 0.502. The van der Waals surface area contributed by atoms with Crippen LogP contribution < -0.4 is 5.32 Å². The van der Waals surface area contributed by atoms with Gasteiger partial charge in [-0.25, -0.2) is 4.98 Å². The average molecular weight is 364 g/mol. The number of oxazole rings is 1. The highest BCUT2D eigenvalue weighted by molar-refractivity contribution is 5.74. The molecule has 6 heteroatoms. The summed E-state index contributed by atoms with van der Waals surface area (Å²) in [6.45, 7) is 4.00. The van der Waals surface area contributed by atoms with Gasteiger partial charge in [0.15, 0.2) is 5.89 Å². The molecule has 0 aromatic carbocycles. The molecule has 0 spiro atoms. The van der Waals surface area contributed by atoms with Crippen LogP contribution in [0, 0.1) is 11.8 Å². The molecule has 1 saturated carbocycles. The van der Waals surface area contributed by atoms with Crippen molar-refractivity contribution in [2.75, 3.05) is 0 Å². The van der Waals surface area contributed by atoms with Crippen molar-refractivity contribution in [1.82, 2.24) is 10.3 Å². The maximum absolute atomic E-state index is 11.5. The fourth-order valence-corrected chi connectivity index (χ4v) is 3.71. The first-order chi connectivity index (χ1) is 12.5. The summed E-state index contributed by atoms with van der Waals surface area (Å²) >= 11 is 0. The number of rotatable bonds is 11. The van der Waals surface area contributed by atoms with Crippen molar-refractivity contribution in [1.29, 1.82) is 0 Å². The Hall–Kier alpha value is -1.69. The molecule has 0 aliphatic heterocycles. The number of nitrogens with one attached hydrogen (secondary N) is 1. The molecule has 0 bridgehead atoms. The third kappa shape index (κ3) is 6.90. The van der Waals surface area contributed by atoms with E-state index >= 15 is 0 Å². The van der Waals surface area contributed by atoms with E-state index in [9.17, 15) is 14.7 Å². The molecule has 1 heterocycles. The monoisotopic (exact) mass is 364 g/mol. The second-order valence-corrected chi connectivity index (χ2v) is 7.91. The van der Waals surface area contributed by atoms with Crippen molar-refractivity contribution in [3.05, 3.63) is 17.8 Å². The lowest BCUT2D eigenvalue weighted by atomic mass is 9.86. The van der Waals surface area contributed by atoms with Gasteiger partial charge in [0.25, 0.3) is 0 Å². The Balaban J connectivity index is 1.87. The minimum Gasteiger partial charge on any atom is -0.480 e. The smallest absolute Gasteiger partial charge is 0.321 e. The summed E-state index contributed by atoms with van der Waals surface area (Å²) in [6, 6.07) is -1.36. The zero-order chi connectivity index (χ0) is 18.9. The van der Waals surface area contributed by atoms with Gasteiger partial charge in [-0.1, -0.05) is 46.0 Å². The summed E-state index contributed by atoms with van der Waals surface area (Å²) in [6.07, 6.45) is 11.8. The van der Waals surface area contributed by atoms with Gasteiger partial charge in [-0.3, -0.25) is 10.1 Å². The van der Waals surface area contributed by atoms with Gasteiger partial charge in [-0.2, -0.15) is 0 Å². The van der Waals surface area contributed by atoms with Crippen LogP contribution in [-0.4, -0.2) is 34.4 Å². The summed E-state index contributed by atoms with van der Waals surface area (Å²) < 4.78 is 5.48. The Kier molecular flexibility index (Phi) is 8.29. The Labute approximate surface area is 155 Å². The van der Waals surface area contributed by atoms with Crippen LogP contribution in [0.25, 0.3) is 0 Å². The Morgan fingerprint density at radius 2 is 2.12 bits per heavy atom. The molecular formula is C20H32N2O4. The fourth-order valence-electron chi connectivity index (χ4n) is 3.71. The highest BCUT2D eigenvalue weighted by Gasteiger charge is 2.24. The van der Waals surface area contributed by atoms with Gasteiger partial charge >= 0.3 is 5.97 Å². The molecule has 2 N–H and O–H groups in total. The van der Waals surface area contributed by atoms with Crippen LogP contribution in [0.3, 0.4) is 0 Å². The SMILES string of the molecule is CC(C)C[C@@H](C=O)N[C@@H](Cc1nc(CCC2CCCCC2)co1)C(=O)O. The molecule has 26 heavy (non-hydrogen) atoms. The van der Waals surface area contributed by atoms with Crippen LogP contribution >= 0.6 is 0 Å². The first kappa shape index (κ1) is 20.6. The summed E-state index contributed by atoms with van der Waals surface area (Å²) in [7, 11) is 0. The minimum absolute atomic E-state index is 0.140. The van der Waals surface area contributed by atoms with Crippen LogP contribution in [0.2, 0.25) is 0 Å². The van der Waals surface area contributed by atoms with Crippen LogP contribution in [0.5, 0.6) is 0 Å². The summed E-state index contributed by atoms with van der Waals surface area (Å²) in [5, 5.41) is 12.4. The zero-order valence-electron chi connectivity index (χ0n) is 15.9. The second-order valence-electron chi connectivity index (χ2n) is 7.91. The highest BCUT2D eigenvalue weighted by Crippen LogP contribution is 2.27. The van der Waals surface area contributed by atoms with Crippen molar-refractivity contribution in [3.63, 3.8) is 0 Å². The molecular weight excluding hydrogens is 332 g/mol. The number of carboxylic acid groups (broad SMARTS) is 1. The lowest BCUT2D eigenvalue weighted by molar-refractivity contribution is -0.139. The Bertz CT molecular complexity index is 564. The molecule has 146 valence electrons. The third-order valence-corrected chi connectivity index (χ3v) is 5.11. The average Bonchev–Trinajstić information content (AvgIpc) is 3.06. The number of carbonyl (C=O) groups excluding carboxylic acids is 1. The predicted octanol–water partition coefficient (Wildman–Crippen LogP) is 3.39. The van der Waals surface area contributed by atoms with E-state index in [1.54, 1.807) is 6.26 Å². The van der Waals surface area contributed by atoms with Gasteiger partial charge in [0.1, 0.15) is 18.6 Å². The van der Waals surface area contributed by atoms with E-state index in [0.717, 1.165) is 30.7 Å². The van der Waals surface area contributed by atoms with Gasteiger partial charge in [0.2, 0.25) is 0 Å². The van der Waals surface area contributed by atoms with E-state index in [-0.39, 0.29) is 6.42 Å². The van der Waals surface area contributed by atoms with E-state index in [1.807, 2.05) is 13.8 Å². The fraction of sp³-hybridized carbons (Fsp3) is 0.750. The number of aliphatic carboxylic acids is 1. The number of carbonyl (C=O) groups is 2. The number of aromatic nitrogens is 1. The first-order valence-electron chi connectivity index (χ1n) is 9.85. The molecule has 1 aromatic rings. The van der Waals surface area contributed by atoms with Gasteiger partial charge in [-0.15, -0.1) is 0 Å². The Morgan fingerprint density at radius 1 is 1.38 bits per heavy atom. The summed E-state index contributed by atoms with van der Waals surface area (Å²) in [5.41, 5.74) is 0.892. The molecule has 0 amide bonds. The third-order valence-electron chi connectivity index (χ3n) is 5.11. The number of aryl methyl sites for hydroxylation is 1. The largest absolute Gasteiger partial charge is 0.480 e. The molecule has 1 fully saturated rings. The number of hydrogen-bond acceptors (Lipinski definition) is 5. The van der Waals surface area contributed by atoms with Crippen molar-refractivity contribution in [3.8, 4) is 0 Å². The van der Waals surface area contributed by atoms with E-state index in [4.69, 9.17) is 4.42 Å². The number of nitrogens with zero attached hydrogens (tertiary/aromatic N) is 1. The van der Waals surface area contributed by atoms with Gasteiger partial charge in [-0.05, 0) is 31.1 Å². The predicted molar refractivity (Wildman–Crippen MR) is 99.0 cm³/mol. The van der Waals surface area contributed by atoms with Crippen LogP contribution in [0.15, 0.2) is 10.7 Å². The minimum atomic E-state index is -0.998. The maximum atomic E-state index is 11.5. The first-order valence-corrected chi connectivity index (χ1v) is 9.85. The molecule has 2 atom stereocenters. The maximum Gasteiger partial charge on any atom is 0.321 e. The van der Waals surface area contributed by atoms with Gasteiger partial charge in [0.05, 0.1) is 18.2 Å². The van der Waals surface area contributed by atoms with Crippen LogP contribution in [-0.2, 0) is 22.4 Å². The lowest BCUT2D eigenvalue weighted by Crippen LogP contribution is -2.46.